The molecule has 2 aromatic rings. The van der Waals surface area contributed by atoms with Crippen molar-refractivity contribution in [2.24, 2.45) is 0 Å². The van der Waals surface area contributed by atoms with Crippen LogP contribution in [-0.2, 0) is 0 Å². The second kappa shape index (κ2) is 5.48. The molecule has 1 aromatic carbocycles. The summed E-state index contributed by atoms with van der Waals surface area (Å²) >= 11 is 1.66. The van der Waals surface area contributed by atoms with Gasteiger partial charge in [-0.05, 0) is 26.0 Å². The van der Waals surface area contributed by atoms with Crippen molar-refractivity contribution >= 4 is 11.3 Å². The molecule has 0 bridgehead atoms. The molecule has 0 unspecified atom stereocenters. The third-order valence-corrected chi connectivity index (χ3v) is 3.95. The van der Waals surface area contributed by atoms with Gasteiger partial charge in [0.05, 0.1) is 36.9 Å². The number of aromatic nitrogens is 1. The van der Waals surface area contributed by atoms with Crippen LogP contribution in [0, 0.1) is 13.8 Å². The topological polar surface area (TPSA) is 40.6 Å². The van der Waals surface area contributed by atoms with Gasteiger partial charge in [0.2, 0.25) is 5.75 Å². The highest BCUT2D eigenvalue weighted by Crippen LogP contribution is 2.42. The maximum Gasteiger partial charge on any atom is 0.203 e. The predicted octanol–water partition coefficient (Wildman–Crippen LogP) is 3.45. The quantitative estimate of drug-likeness (QED) is 0.859. The Bertz CT molecular complexity index is 567. The van der Waals surface area contributed by atoms with Gasteiger partial charge in [0.15, 0.2) is 11.5 Å². The first-order chi connectivity index (χ1) is 9.10. The van der Waals surface area contributed by atoms with Crippen LogP contribution in [0.3, 0.4) is 0 Å². The molecule has 0 fully saturated rings. The molecule has 2 rings (SSSR count). The number of thiazole rings is 1. The van der Waals surface area contributed by atoms with Crippen molar-refractivity contribution in [3.63, 3.8) is 0 Å². The highest BCUT2D eigenvalue weighted by atomic mass is 32.1. The molecule has 102 valence electrons. The van der Waals surface area contributed by atoms with E-state index in [1.165, 1.54) is 0 Å². The van der Waals surface area contributed by atoms with Crippen molar-refractivity contribution in [2.75, 3.05) is 21.3 Å². The Morgan fingerprint density at radius 1 is 0.947 bits per heavy atom. The van der Waals surface area contributed by atoms with E-state index in [1.807, 2.05) is 26.0 Å². The van der Waals surface area contributed by atoms with E-state index >= 15 is 0 Å². The Morgan fingerprint density at radius 3 is 1.89 bits per heavy atom. The first kappa shape index (κ1) is 13.7. The number of aryl methyl sites for hydroxylation is 2. The number of methoxy groups -OCH3 is 3. The molecule has 0 aliphatic heterocycles. The fourth-order valence-corrected chi connectivity index (χ4v) is 2.92. The molecule has 0 spiro atoms. The fraction of sp³-hybridized carbons (Fsp3) is 0.357. The summed E-state index contributed by atoms with van der Waals surface area (Å²) in [4.78, 5) is 5.57. The standard InChI is InChI=1S/C14H17NO3S/c1-8-14(19-9(2)15-8)10-6-11(16-3)13(18-5)12(7-10)17-4/h6-7H,1-5H3. The summed E-state index contributed by atoms with van der Waals surface area (Å²) in [6.45, 7) is 4.00. The summed E-state index contributed by atoms with van der Waals surface area (Å²) in [7, 11) is 4.83. The number of nitrogens with zero attached hydrogens (tertiary/aromatic N) is 1. The van der Waals surface area contributed by atoms with Crippen LogP contribution in [0.25, 0.3) is 10.4 Å². The van der Waals surface area contributed by atoms with Crippen LogP contribution < -0.4 is 14.2 Å². The van der Waals surface area contributed by atoms with E-state index in [4.69, 9.17) is 14.2 Å². The summed E-state index contributed by atoms with van der Waals surface area (Å²) in [6.07, 6.45) is 0. The summed E-state index contributed by atoms with van der Waals surface area (Å²) < 4.78 is 16.1. The van der Waals surface area contributed by atoms with Crippen LogP contribution in [0.2, 0.25) is 0 Å². The van der Waals surface area contributed by atoms with Crippen LogP contribution in [0.1, 0.15) is 10.7 Å². The lowest BCUT2D eigenvalue weighted by molar-refractivity contribution is 0.324. The molecule has 4 nitrogen and oxygen atoms in total. The van der Waals surface area contributed by atoms with Crippen LogP contribution in [0.5, 0.6) is 17.2 Å². The van der Waals surface area contributed by atoms with Crippen LogP contribution in [-0.4, -0.2) is 26.3 Å². The van der Waals surface area contributed by atoms with Crippen LogP contribution >= 0.6 is 11.3 Å². The maximum atomic E-state index is 5.37. The normalized spacial score (nSPS) is 10.4. The molecule has 0 saturated heterocycles. The minimum absolute atomic E-state index is 0.604. The lowest BCUT2D eigenvalue weighted by atomic mass is 10.1. The number of benzene rings is 1. The van der Waals surface area contributed by atoms with E-state index in [9.17, 15) is 0 Å². The predicted molar refractivity (Wildman–Crippen MR) is 76.7 cm³/mol. The molecule has 5 heteroatoms. The number of hydrogen-bond acceptors (Lipinski definition) is 5. The smallest absolute Gasteiger partial charge is 0.203 e. The van der Waals surface area contributed by atoms with E-state index in [0.717, 1.165) is 21.1 Å². The lowest BCUT2D eigenvalue weighted by Gasteiger charge is -2.13. The average molecular weight is 279 g/mol. The number of rotatable bonds is 4. The molecule has 0 amide bonds. The Hall–Kier alpha value is -1.75. The van der Waals surface area contributed by atoms with E-state index in [2.05, 4.69) is 4.98 Å². The van der Waals surface area contributed by atoms with Gasteiger partial charge < -0.3 is 14.2 Å². The summed E-state index contributed by atoms with van der Waals surface area (Å²) in [5.74, 6) is 1.91. The van der Waals surface area contributed by atoms with Gasteiger partial charge in [0.1, 0.15) is 0 Å². The number of hydrogen-bond donors (Lipinski definition) is 0. The van der Waals surface area contributed by atoms with E-state index in [0.29, 0.717) is 17.2 Å². The maximum absolute atomic E-state index is 5.37. The van der Waals surface area contributed by atoms with Gasteiger partial charge in [0.25, 0.3) is 0 Å². The summed E-state index contributed by atoms with van der Waals surface area (Å²) in [6, 6.07) is 3.89. The summed E-state index contributed by atoms with van der Waals surface area (Å²) in [5.41, 5.74) is 2.04. The highest BCUT2D eigenvalue weighted by molar-refractivity contribution is 7.15. The molecular formula is C14H17NO3S. The van der Waals surface area contributed by atoms with Gasteiger partial charge in [-0.2, -0.15) is 0 Å². The molecular weight excluding hydrogens is 262 g/mol. The third kappa shape index (κ3) is 2.51. The second-order valence-electron chi connectivity index (χ2n) is 4.06. The Morgan fingerprint density at radius 2 is 1.53 bits per heavy atom. The Balaban J connectivity index is 2.62. The number of ether oxygens (including phenoxy) is 3. The van der Waals surface area contributed by atoms with Gasteiger partial charge in [-0.3, -0.25) is 0 Å². The van der Waals surface area contributed by atoms with Gasteiger partial charge in [0, 0.05) is 5.56 Å². The molecule has 1 heterocycles. The molecule has 0 aliphatic rings. The molecule has 0 aliphatic carbocycles. The van der Waals surface area contributed by atoms with Crippen LogP contribution in [0.15, 0.2) is 12.1 Å². The molecule has 0 N–H and O–H groups in total. The zero-order valence-corrected chi connectivity index (χ0v) is 12.6. The zero-order valence-electron chi connectivity index (χ0n) is 11.7. The van der Waals surface area contributed by atoms with Gasteiger partial charge >= 0.3 is 0 Å². The van der Waals surface area contributed by atoms with E-state index < -0.39 is 0 Å². The van der Waals surface area contributed by atoms with Gasteiger partial charge in [-0.15, -0.1) is 11.3 Å². The van der Waals surface area contributed by atoms with Crippen molar-refractivity contribution in [3.05, 3.63) is 22.8 Å². The van der Waals surface area contributed by atoms with Gasteiger partial charge in [-0.25, -0.2) is 4.98 Å². The molecule has 0 saturated carbocycles. The third-order valence-electron chi connectivity index (χ3n) is 2.83. The molecule has 1 aromatic heterocycles. The molecule has 0 atom stereocenters. The van der Waals surface area contributed by atoms with Crippen molar-refractivity contribution in [3.8, 4) is 27.7 Å². The second-order valence-corrected chi connectivity index (χ2v) is 5.26. The molecule has 0 radical (unpaired) electrons. The first-order valence-corrected chi connectivity index (χ1v) is 6.66. The van der Waals surface area contributed by atoms with E-state index in [1.54, 1.807) is 32.7 Å². The SMILES string of the molecule is COc1cc(-c2sc(C)nc2C)cc(OC)c1OC. The van der Waals surface area contributed by atoms with Crippen LogP contribution in [0.4, 0.5) is 0 Å². The lowest BCUT2D eigenvalue weighted by Crippen LogP contribution is -1.95. The monoisotopic (exact) mass is 279 g/mol. The van der Waals surface area contributed by atoms with Crippen molar-refractivity contribution in [1.29, 1.82) is 0 Å². The van der Waals surface area contributed by atoms with Crippen molar-refractivity contribution in [2.45, 2.75) is 13.8 Å². The zero-order chi connectivity index (χ0) is 14.0. The fourth-order valence-electron chi connectivity index (χ4n) is 2.01. The minimum atomic E-state index is 0.604. The Labute approximate surface area is 117 Å². The van der Waals surface area contributed by atoms with Crippen molar-refractivity contribution in [1.82, 2.24) is 4.98 Å². The summed E-state index contributed by atoms with van der Waals surface area (Å²) in [5, 5.41) is 1.04. The largest absolute Gasteiger partial charge is 0.493 e. The van der Waals surface area contributed by atoms with Crippen molar-refractivity contribution < 1.29 is 14.2 Å². The highest BCUT2D eigenvalue weighted by Gasteiger charge is 2.16. The molecule has 19 heavy (non-hydrogen) atoms. The van der Waals surface area contributed by atoms with E-state index in [-0.39, 0.29) is 0 Å². The first-order valence-electron chi connectivity index (χ1n) is 5.85. The average Bonchev–Trinajstić information content (AvgIpc) is 2.75. The Kier molecular flexibility index (Phi) is 3.95. The minimum Gasteiger partial charge on any atom is -0.493 e. The van der Waals surface area contributed by atoms with Gasteiger partial charge in [-0.1, -0.05) is 0 Å².